The Morgan fingerprint density at radius 3 is 1.61 bits per heavy atom. The molecule has 0 heterocycles. The Balaban J connectivity index is 0. The molecule has 0 aromatic heterocycles. The van der Waals surface area contributed by atoms with Gasteiger partial charge < -0.3 is 15.7 Å². The van der Waals surface area contributed by atoms with Crippen molar-refractivity contribution in [2.45, 2.75) is 109 Å². The number of hydrogen-bond donors (Lipinski definition) is 0. The van der Waals surface area contributed by atoms with Gasteiger partial charge in [-0.25, -0.2) is 22.0 Å². The van der Waals surface area contributed by atoms with Crippen molar-refractivity contribution in [3.8, 4) is 0 Å². The van der Waals surface area contributed by atoms with Gasteiger partial charge in [0.15, 0.2) is 6.17 Å². The van der Waals surface area contributed by atoms with Crippen LogP contribution in [0.5, 0.6) is 0 Å². The maximum atomic E-state index is 14.6. The van der Waals surface area contributed by atoms with Crippen LogP contribution in [0, 0.1) is 23.7 Å². The van der Waals surface area contributed by atoms with Crippen LogP contribution in [-0.2, 0) is 4.74 Å². The third-order valence-corrected chi connectivity index (χ3v) is 6.94. The van der Waals surface area contributed by atoms with Crippen molar-refractivity contribution in [1.82, 2.24) is 0 Å². The van der Waals surface area contributed by atoms with Crippen molar-refractivity contribution in [3.05, 3.63) is 0 Å². The Morgan fingerprint density at radius 2 is 1.16 bits per heavy atom. The van der Waals surface area contributed by atoms with Crippen LogP contribution in [0.15, 0.2) is 0 Å². The number of hydrogen-bond acceptors (Lipinski definition) is 1. The summed E-state index contributed by atoms with van der Waals surface area (Å²) in [7, 11) is 0. The summed E-state index contributed by atoms with van der Waals surface area (Å²) in [5, 5.41) is 0. The van der Waals surface area contributed by atoms with E-state index in [0.29, 0.717) is 5.92 Å². The molecule has 4 N–H and O–H groups in total. The summed E-state index contributed by atoms with van der Waals surface area (Å²) in [6.07, 6.45) is -15.1. The fourth-order valence-corrected chi connectivity index (χ4v) is 5.24. The molecule has 10 heteroatoms. The fourth-order valence-electron chi connectivity index (χ4n) is 5.24. The minimum Gasteiger partial charge on any atom is -0.412 e. The van der Waals surface area contributed by atoms with Gasteiger partial charge in [-0.3, -0.25) is 0 Å². The number of halogens is 7. The Morgan fingerprint density at radius 1 is 0.710 bits per heavy atom. The first kappa shape index (κ1) is 30.4. The second kappa shape index (κ2) is 12.0. The van der Waals surface area contributed by atoms with E-state index < -0.39 is 61.8 Å². The summed E-state index contributed by atoms with van der Waals surface area (Å²) in [5.74, 6) is -1.86. The van der Waals surface area contributed by atoms with E-state index in [4.69, 9.17) is 0 Å². The molecule has 0 amide bonds. The van der Waals surface area contributed by atoms with E-state index in [2.05, 4.69) is 11.7 Å². The first-order valence-corrected chi connectivity index (χ1v) is 10.3. The molecular formula is C21H39F7O3. The largest absolute Gasteiger partial charge is 0.412 e. The fraction of sp³-hybridized carbons (Fsp3) is 1.00. The summed E-state index contributed by atoms with van der Waals surface area (Å²) in [6, 6.07) is 0. The van der Waals surface area contributed by atoms with Crippen LogP contribution in [0.4, 0.5) is 30.7 Å². The molecule has 0 aromatic rings. The zero-order valence-electron chi connectivity index (χ0n) is 17.0. The Bertz CT molecular complexity index is 502. The highest BCUT2D eigenvalue weighted by Crippen LogP contribution is 2.48. The van der Waals surface area contributed by atoms with Gasteiger partial charge in [0.2, 0.25) is 0 Å². The Labute approximate surface area is 181 Å². The van der Waals surface area contributed by atoms with Crippen molar-refractivity contribution in [2.75, 3.05) is 0 Å². The van der Waals surface area contributed by atoms with E-state index >= 15 is 0 Å². The lowest BCUT2D eigenvalue weighted by Crippen LogP contribution is -2.52. The normalized spacial score (nSPS) is 43.7. The second-order valence-electron chi connectivity index (χ2n) is 9.06. The Kier molecular flexibility index (Phi) is 11.8. The zero-order chi connectivity index (χ0) is 20.6. The van der Waals surface area contributed by atoms with Gasteiger partial charge in [-0.05, 0) is 43.4 Å². The minimum absolute atomic E-state index is 0. The van der Waals surface area contributed by atoms with Crippen molar-refractivity contribution in [2.24, 2.45) is 23.7 Å². The monoisotopic (exact) mass is 472 g/mol. The van der Waals surface area contributed by atoms with Gasteiger partial charge in [-0.15, -0.1) is 0 Å². The first-order chi connectivity index (χ1) is 13.1. The van der Waals surface area contributed by atoms with Crippen LogP contribution in [0.3, 0.4) is 0 Å². The standard InChI is InChI=1S/C20H29F7O.CH4.2H2O.H2/c1-10-2-4-11(5-3-10)12-6-14(21)18(15(22)7-12)20(26,27)28-13-8-16(23)19(25)17(24)9-13;;;;/h10-19H,2-9H2,1H3;1H4;2*1H2;1H. The molecule has 0 spiro atoms. The van der Waals surface area contributed by atoms with E-state index in [1.165, 1.54) is 0 Å². The molecule has 3 nitrogen and oxygen atoms in total. The molecule has 0 bridgehead atoms. The zero-order valence-corrected chi connectivity index (χ0v) is 17.0. The molecule has 3 saturated carbocycles. The van der Waals surface area contributed by atoms with Crippen LogP contribution in [-0.4, -0.2) is 54.0 Å². The molecule has 0 aliphatic heterocycles. The molecule has 0 aromatic carbocycles. The number of rotatable bonds is 4. The SMILES string of the molecule is C.CC1CCC(C2CC(F)C(C(F)(F)OC3CC(F)C(F)C(F)C3)C(F)C2)CC1.O.O.[HH]. The molecule has 3 aliphatic rings. The average Bonchev–Trinajstić information content (AvgIpc) is 2.59. The van der Waals surface area contributed by atoms with Gasteiger partial charge in [0, 0.05) is 14.3 Å². The summed E-state index contributed by atoms with van der Waals surface area (Å²) in [5.41, 5.74) is 0. The van der Waals surface area contributed by atoms with Gasteiger partial charge in [0.25, 0.3) is 0 Å². The maximum absolute atomic E-state index is 14.6. The molecule has 4 atom stereocenters. The van der Waals surface area contributed by atoms with Crippen molar-refractivity contribution in [1.29, 1.82) is 0 Å². The summed E-state index contributed by atoms with van der Waals surface area (Å²) in [4.78, 5) is 0. The van der Waals surface area contributed by atoms with E-state index in [9.17, 15) is 30.7 Å². The van der Waals surface area contributed by atoms with Gasteiger partial charge in [-0.1, -0.05) is 27.2 Å². The summed E-state index contributed by atoms with van der Waals surface area (Å²) >= 11 is 0. The van der Waals surface area contributed by atoms with Gasteiger partial charge >= 0.3 is 6.11 Å². The molecule has 0 radical (unpaired) electrons. The summed E-state index contributed by atoms with van der Waals surface area (Å²) < 4.78 is 103. The predicted octanol–water partition coefficient (Wildman–Crippen LogP) is 5.53. The molecule has 3 fully saturated rings. The molecule has 3 aliphatic carbocycles. The summed E-state index contributed by atoms with van der Waals surface area (Å²) in [6.45, 7) is 2.13. The topological polar surface area (TPSA) is 72.2 Å². The molecule has 3 rings (SSSR count). The molecule has 4 unspecified atom stereocenters. The highest BCUT2D eigenvalue weighted by molar-refractivity contribution is 4.95. The van der Waals surface area contributed by atoms with Gasteiger partial charge in [0.1, 0.15) is 30.6 Å². The quantitative estimate of drug-likeness (QED) is 0.496. The van der Waals surface area contributed by atoms with Crippen molar-refractivity contribution >= 4 is 0 Å². The molecular weight excluding hydrogens is 433 g/mol. The van der Waals surface area contributed by atoms with Crippen LogP contribution in [0.2, 0.25) is 0 Å². The third kappa shape index (κ3) is 6.93. The maximum Gasteiger partial charge on any atom is 0.364 e. The van der Waals surface area contributed by atoms with Crippen molar-refractivity contribution in [3.63, 3.8) is 0 Å². The molecule has 190 valence electrons. The number of ether oxygens (including phenoxy) is 1. The van der Waals surface area contributed by atoms with Gasteiger partial charge in [-0.2, -0.15) is 8.78 Å². The second-order valence-corrected chi connectivity index (χ2v) is 9.06. The van der Waals surface area contributed by atoms with Crippen LogP contribution < -0.4 is 0 Å². The van der Waals surface area contributed by atoms with Crippen LogP contribution in [0.1, 0.15) is 67.1 Å². The lowest BCUT2D eigenvalue weighted by atomic mass is 9.68. The van der Waals surface area contributed by atoms with Crippen LogP contribution in [0.25, 0.3) is 0 Å². The van der Waals surface area contributed by atoms with Gasteiger partial charge in [0.05, 0.1) is 6.10 Å². The molecule has 0 saturated heterocycles. The number of alkyl halides is 7. The average molecular weight is 473 g/mol. The first-order valence-electron chi connectivity index (χ1n) is 10.3. The van der Waals surface area contributed by atoms with E-state index in [1.54, 1.807) is 0 Å². The van der Waals surface area contributed by atoms with E-state index in [-0.39, 0.29) is 44.5 Å². The highest BCUT2D eigenvalue weighted by atomic mass is 19.3. The van der Waals surface area contributed by atoms with E-state index in [1.807, 2.05) is 0 Å². The van der Waals surface area contributed by atoms with E-state index in [0.717, 1.165) is 25.7 Å². The lowest BCUT2D eigenvalue weighted by Gasteiger charge is -2.43. The predicted molar refractivity (Wildman–Crippen MR) is 107 cm³/mol. The van der Waals surface area contributed by atoms with Crippen molar-refractivity contribution < 1.29 is 47.8 Å². The molecule has 31 heavy (non-hydrogen) atoms. The lowest BCUT2D eigenvalue weighted by molar-refractivity contribution is -0.323. The van der Waals surface area contributed by atoms with Crippen LogP contribution >= 0.6 is 0 Å². The minimum atomic E-state index is -4.20. The third-order valence-electron chi connectivity index (χ3n) is 6.94. The smallest absolute Gasteiger partial charge is 0.364 e. The highest BCUT2D eigenvalue weighted by Gasteiger charge is 2.56. The Hall–Kier alpha value is -0.610.